The van der Waals surface area contributed by atoms with Crippen molar-refractivity contribution in [3.05, 3.63) is 48.3 Å². The third-order valence-electron chi connectivity index (χ3n) is 3.87. The Labute approximate surface area is 125 Å². The number of nitrogens with zero attached hydrogens (tertiary/aromatic N) is 4. The van der Waals surface area contributed by atoms with Crippen LogP contribution in [-0.2, 0) is 0 Å². The molecule has 0 radical (unpaired) electrons. The van der Waals surface area contributed by atoms with Crippen molar-refractivity contribution in [2.24, 2.45) is 5.73 Å². The molecule has 1 aliphatic heterocycles. The molecule has 0 unspecified atom stereocenters. The molecule has 0 aliphatic carbocycles. The van der Waals surface area contributed by atoms with Gasteiger partial charge in [-0.15, -0.1) is 0 Å². The van der Waals surface area contributed by atoms with Gasteiger partial charge in [-0.05, 0) is 30.7 Å². The summed E-state index contributed by atoms with van der Waals surface area (Å²) in [4.78, 5) is 13.6. The van der Waals surface area contributed by atoms with Crippen LogP contribution in [0.3, 0.4) is 0 Å². The van der Waals surface area contributed by atoms with Crippen molar-refractivity contribution in [1.29, 1.82) is 0 Å². The lowest BCUT2D eigenvalue weighted by molar-refractivity contribution is 0.641. The Morgan fingerprint density at radius 3 is 2.10 bits per heavy atom. The average Bonchev–Trinajstić information content (AvgIpc) is 2.56. The normalized spacial score (nSPS) is 16.9. The van der Waals surface area contributed by atoms with Gasteiger partial charge in [-0.25, -0.2) is 9.97 Å². The molecule has 1 fully saturated rings. The summed E-state index contributed by atoms with van der Waals surface area (Å²) < 4.78 is 0. The molecule has 0 amide bonds. The first-order chi connectivity index (χ1) is 10.2. The fourth-order valence-corrected chi connectivity index (χ4v) is 2.56. The number of pyridine rings is 2. The van der Waals surface area contributed by atoms with Gasteiger partial charge in [0.1, 0.15) is 11.6 Å². The van der Waals surface area contributed by atoms with Gasteiger partial charge in [-0.1, -0.05) is 12.1 Å². The van der Waals surface area contributed by atoms with Gasteiger partial charge in [0.25, 0.3) is 0 Å². The first-order valence-corrected chi connectivity index (χ1v) is 7.36. The van der Waals surface area contributed by atoms with E-state index in [2.05, 4.69) is 38.0 Å². The summed E-state index contributed by atoms with van der Waals surface area (Å²) in [5, 5.41) is 0. The van der Waals surface area contributed by atoms with Gasteiger partial charge < -0.3 is 15.5 Å². The largest absolute Gasteiger partial charge is 0.353 e. The van der Waals surface area contributed by atoms with E-state index in [1.807, 2.05) is 31.5 Å². The van der Waals surface area contributed by atoms with E-state index in [1.165, 1.54) is 0 Å². The maximum atomic E-state index is 5.86. The second-order valence-corrected chi connectivity index (χ2v) is 5.40. The lowest BCUT2D eigenvalue weighted by atomic mass is 10.1. The molecule has 0 aromatic carbocycles. The summed E-state index contributed by atoms with van der Waals surface area (Å²) in [5.74, 6) is 2.08. The number of piperazine rings is 1. The fraction of sp³-hybridized carbons (Fsp3) is 0.375. The molecule has 3 rings (SSSR count). The molecule has 0 spiro atoms. The number of nitrogens with two attached hydrogens (primary N) is 1. The van der Waals surface area contributed by atoms with Gasteiger partial charge in [0.05, 0.1) is 0 Å². The zero-order chi connectivity index (χ0) is 14.7. The van der Waals surface area contributed by atoms with Crippen molar-refractivity contribution in [3.8, 4) is 0 Å². The molecular formula is C16H21N5. The molecular weight excluding hydrogens is 262 g/mol. The summed E-state index contributed by atoms with van der Waals surface area (Å²) in [6.07, 6.45) is 3.72. The van der Waals surface area contributed by atoms with Crippen LogP contribution in [0.25, 0.3) is 0 Å². The lowest BCUT2D eigenvalue weighted by Gasteiger charge is -2.36. The molecule has 1 atom stereocenters. The lowest BCUT2D eigenvalue weighted by Crippen LogP contribution is -2.47. The average molecular weight is 283 g/mol. The monoisotopic (exact) mass is 283 g/mol. The van der Waals surface area contributed by atoms with E-state index in [4.69, 9.17) is 5.73 Å². The summed E-state index contributed by atoms with van der Waals surface area (Å²) in [7, 11) is 0. The summed E-state index contributed by atoms with van der Waals surface area (Å²) in [6, 6.07) is 10.2. The Morgan fingerprint density at radius 2 is 1.62 bits per heavy atom. The maximum Gasteiger partial charge on any atom is 0.128 e. The molecule has 0 saturated carbocycles. The van der Waals surface area contributed by atoms with Crippen LogP contribution in [0.4, 0.5) is 11.6 Å². The highest BCUT2D eigenvalue weighted by atomic mass is 15.3. The number of hydrogen-bond acceptors (Lipinski definition) is 5. The van der Waals surface area contributed by atoms with E-state index in [1.54, 1.807) is 0 Å². The minimum atomic E-state index is 0.0348. The smallest absolute Gasteiger partial charge is 0.128 e. The van der Waals surface area contributed by atoms with E-state index >= 15 is 0 Å². The predicted molar refractivity (Wildman–Crippen MR) is 85.5 cm³/mol. The van der Waals surface area contributed by atoms with Crippen molar-refractivity contribution in [2.75, 3.05) is 36.0 Å². The first-order valence-electron chi connectivity index (χ1n) is 7.36. The Hall–Kier alpha value is -2.14. The van der Waals surface area contributed by atoms with Crippen molar-refractivity contribution in [2.45, 2.75) is 13.0 Å². The zero-order valence-corrected chi connectivity index (χ0v) is 12.3. The predicted octanol–water partition coefficient (Wildman–Crippen LogP) is 1.82. The molecule has 21 heavy (non-hydrogen) atoms. The van der Waals surface area contributed by atoms with Gasteiger partial charge in [0.2, 0.25) is 0 Å². The van der Waals surface area contributed by atoms with E-state index in [0.29, 0.717) is 0 Å². The van der Waals surface area contributed by atoms with E-state index in [0.717, 1.165) is 43.4 Å². The topological polar surface area (TPSA) is 58.3 Å². The Morgan fingerprint density at radius 1 is 0.952 bits per heavy atom. The first kappa shape index (κ1) is 13.8. The zero-order valence-electron chi connectivity index (χ0n) is 12.3. The number of aromatic nitrogens is 2. The van der Waals surface area contributed by atoms with Crippen molar-refractivity contribution in [1.82, 2.24) is 9.97 Å². The quantitative estimate of drug-likeness (QED) is 0.931. The molecule has 2 aromatic rings. The number of hydrogen-bond donors (Lipinski definition) is 1. The highest BCUT2D eigenvalue weighted by Crippen LogP contribution is 2.18. The van der Waals surface area contributed by atoms with Crippen molar-refractivity contribution >= 4 is 11.6 Å². The minimum Gasteiger partial charge on any atom is -0.353 e. The SMILES string of the molecule is C[C@H](N)c1ccc(N2CCN(c3ccccn3)CC2)nc1. The molecule has 110 valence electrons. The minimum absolute atomic E-state index is 0.0348. The fourth-order valence-electron chi connectivity index (χ4n) is 2.56. The van der Waals surface area contributed by atoms with Crippen LogP contribution in [0.15, 0.2) is 42.7 Å². The number of anilines is 2. The van der Waals surface area contributed by atoms with Crippen LogP contribution < -0.4 is 15.5 Å². The van der Waals surface area contributed by atoms with Crippen molar-refractivity contribution in [3.63, 3.8) is 0 Å². The molecule has 3 heterocycles. The molecule has 2 N–H and O–H groups in total. The summed E-state index contributed by atoms with van der Waals surface area (Å²) in [5.41, 5.74) is 6.93. The van der Waals surface area contributed by atoms with E-state index in [-0.39, 0.29) is 6.04 Å². The molecule has 1 aliphatic rings. The third-order valence-corrected chi connectivity index (χ3v) is 3.87. The van der Waals surface area contributed by atoms with Gasteiger partial charge in [0, 0.05) is 44.6 Å². The van der Waals surface area contributed by atoms with Gasteiger partial charge in [-0.3, -0.25) is 0 Å². The molecule has 2 aromatic heterocycles. The van der Waals surface area contributed by atoms with Crippen LogP contribution in [0.5, 0.6) is 0 Å². The second-order valence-electron chi connectivity index (χ2n) is 5.40. The summed E-state index contributed by atoms with van der Waals surface area (Å²) >= 11 is 0. The summed E-state index contributed by atoms with van der Waals surface area (Å²) in [6.45, 7) is 5.83. The van der Waals surface area contributed by atoms with Gasteiger partial charge in [0.15, 0.2) is 0 Å². The van der Waals surface area contributed by atoms with Crippen LogP contribution in [0.2, 0.25) is 0 Å². The Balaban J connectivity index is 1.63. The molecule has 5 heteroatoms. The highest BCUT2D eigenvalue weighted by molar-refractivity contribution is 5.45. The van der Waals surface area contributed by atoms with Crippen LogP contribution in [0, 0.1) is 0 Å². The standard InChI is InChI=1S/C16H21N5/c1-13(17)14-5-6-16(19-12-14)21-10-8-20(9-11-21)15-4-2-3-7-18-15/h2-7,12-13H,8-11,17H2,1H3/t13-/m0/s1. The second kappa shape index (κ2) is 6.10. The van der Waals surface area contributed by atoms with Crippen molar-refractivity contribution < 1.29 is 0 Å². The van der Waals surface area contributed by atoms with Crippen LogP contribution >= 0.6 is 0 Å². The maximum absolute atomic E-state index is 5.86. The Bertz CT molecular complexity index is 559. The highest BCUT2D eigenvalue weighted by Gasteiger charge is 2.18. The number of rotatable bonds is 3. The third kappa shape index (κ3) is 3.13. The molecule has 5 nitrogen and oxygen atoms in total. The van der Waals surface area contributed by atoms with Gasteiger partial charge in [-0.2, -0.15) is 0 Å². The van der Waals surface area contributed by atoms with Crippen LogP contribution in [-0.4, -0.2) is 36.1 Å². The van der Waals surface area contributed by atoms with Gasteiger partial charge >= 0.3 is 0 Å². The Kier molecular flexibility index (Phi) is 4.01. The van der Waals surface area contributed by atoms with E-state index < -0.39 is 0 Å². The van der Waals surface area contributed by atoms with Crippen LogP contribution in [0.1, 0.15) is 18.5 Å². The molecule has 0 bridgehead atoms. The molecule has 1 saturated heterocycles. The van der Waals surface area contributed by atoms with E-state index in [9.17, 15) is 0 Å².